The van der Waals surface area contributed by atoms with Crippen LogP contribution in [0, 0.1) is 6.92 Å². The minimum atomic E-state index is -0.512. The van der Waals surface area contributed by atoms with Gasteiger partial charge in [-0.05, 0) is 19.1 Å². The Morgan fingerprint density at radius 2 is 2.11 bits per heavy atom. The lowest BCUT2D eigenvalue weighted by atomic mass is 10.2. The van der Waals surface area contributed by atoms with Gasteiger partial charge in [0, 0.05) is 22.9 Å². The molecule has 10 heteroatoms. The number of urea groups is 1. The molecule has 1 aromatic carbocycles. The van der Waals surface area contributed by atoms with Crippen molar-refractivity contribution in [3.05, 3.63) is 34.3 Å². The third-order valence-electron chi connectivity index (χ3n) is 4.35. The van der Waals surface area contributed by atoms with E-state index in [0.29, 0.717) is 48.6 Å². The maximum atomic E-state index is 12.7. The monoisotopic (exact) mass is 420 g/mol. The van der Waals surface area contributed by atoms with Crippen molar-refractivity contribution in [1.29, 1.82) is 0 Å². The van der Waals surface area contributed by atoms with Crippen LogP contribution in [0.3, 0.4) is 0 Å². The van der Waals surface area contributed by atoms with E-state index in [1.54, 1.807) is 46.2 Å². The topological polar surface area (TPSA) is 92.8 Å². The van der Waals surface area contributed by atoms with Crippen LogP contribution >= 0.6 is 23.1 Å². The summed E-state index contributed by atoms with van der Waals surface area (Å²) in [7, 11) is 0. The lowest BCUT2D eigenvalue weighted by Gasteiger charge is -2.24. The molecule has 0 radical (unpaired) electrons. The van der Waals surface area contributed by atoms with E-state index in [1.807, 2.05) is 12.3 Å². The van der Waals surface area contributed by atoms with Gasteiger partial charge in [0.25, 0.3) is 0 Å². The number of rotatable bonds is 4. The largest absolute Gasteiger partial charge is 0.486 e. The van der Waals surface area contributed by atoms with Crippen molar-refractivity contribution in [3.63, 3.8) is 0 Å². The van der Waals surface area contributed by atoms with Gasteiger partial charge in [-0.2, -0.15) is 0 Å². The molecule has 0 aliphatic carbocycles. The molecule has 0 saturated carbocycles. The highest BCUT2D eigenvalue weighted by atomic mass is 32.2. The molecule has 2 aromatic rings. The van der Waals surface area contributed by atoms with E-state index in [4.69, 9.17) is 9.47 Å². The minimum absolute atomic E-state index is 0.173. The summed E-state index contributed by atoms with van der Waals surface area (Å²) in [6, 6.07) is 4.43. The molecule has 2 aliphatic rings. The fourth-order valence-corrected chi connectivity index (χ4v) is 4.73. The van der Waals surface area contributed by atoms with Crippen LogP contribution in [-0.2, 0) is 11.3 Å². The molecule has 4 rings (SSSR count). The highest BCUT2D eigenvalue weighted by molar-refractivity contribution is 7.99. The molecule has 0 spiro atoms. The first-order chi connectivity index (χ1) is 13.6. The van der Waals surface area contributed by atoms with E-state index in [-0.39, 0.29) is 11.9 Å². The van der Waals surface area contributed by atoms with Crippen LogP contribution in [0.4, 0.5) is 10.5 Å². The maximum absolute atomic E-state index is 12.7. The maximum Gasteiger partial charge on any atom is 0.323 e. The first-order valence-electron chi connectivity index (χ1n) is 8.84. The Morgan fingerprint density at radius 1 is 1.29 bits per heavy atom. The average molecular weight is 421 g/mol. The number of aromatic nitrogens is 1. The van der Waals surface area contributed by atoms with Gasteiger partial charge < -0.3 is 25.0 Å². The van der Waals surface area contributed by atoms with Crippen LogP contribution in [0.1, 0.15) is 10.7 Å². The molecule has 3 heterocycles. The van der Waals surface area contributed by atoms with Crippen LogP contribution in [0.25, 0.3) is 0 Å². The third-order valence-corrected chi connectivity index (χ3v) is 6.18. The predicted molar refractivity (Wildman–Crippen MR) is 108 cm³/mol. The summed E-state index contributed by atoms with van der Waals surface area (Å²) in [4.78, 5) is 31.2. The second kappa shape index (κ2) is 8.27. The first kappa shape index (κ1) is 18.9. The Hall–Kier alpha value is -2.46. The number of carbonyl (C=O) groups excluding carboxylic acids is 2. The number of benzene rings is 1. The molecule has 8 nitrogen and oxygen atoms in total. The molecular weight excluding hydrogens is 400 g/mol. The number of thiazole rings is 1. The van der Waals surface area contributed by atoms with E-state index in [2.05, 4.69) is 15.6 Å². The number of ether oxygens (including phenoxy) is 2. The van der Waals surface area contributed by atoms with E-state index >= 15 is 0 Å². The van der Waals surface area contributed by atoms with Crippen LogP contribution in [0.2, 0.25) is 0 Å². The molecule has 148 valence electrons. The molecule has 2 aliphatic heterocycles. The Kier molecular flexibility index (Phi) is 5.58. The van der Waals surface area contributed by atoms with Gasteiger partial charge in [0.1, 0.15) is 19.3 Å². The van der Waals surface area contributed by atoms with Crippen molar-refractivity contribution >= 4 is 40.7 Å². The first-order valence-corrected chi connectivity index (χ1v) is 10.9. The number of anilines is 1. The molecule has 0 unspecified atom stereocenters. The predicted octanol–water partition coefficient (Wildman–Crippen LogP) is 2.45. The van der Waals surface area contributed by atoms with Gasteiger partial charge in [0.05, 0.1) is 23.1 Å². The van der Waals surface area contributed by atoms with E-state index in [1.165, 1.54) is 0 Å². The molecule has 3 amide bonds. The number of hydrogen-bond acceptors (Lipinski definition) is 7. The zero-order chi connectivity index (χ0) is 19.5. The SMILES string of the molecule is Cc1nc(CNC(=O)[C@H]2CSCN2C(=O)Nc2ccc3c(c2)OCCO3)cs1. The van der Waals surface area contributed by atoms with Gasteiger partial charge in [-0.3, -0.25) is 4.79 Å². The molecule has 2 N–H and O–H groups in total. The third kappa shape index (κ3) is 4.17. The van der Waals surface area contributed by atoms with E-state index in [9.17, 15) is 9.59 Å². The minimum Gasteiger partial charge on any atom is -0.486 e. The zero-order valence-electron chi connectivity index (χ0n) is 15.3. The lowest BCUT2D eigenvalue weighted by Crippen LogP contribution is -2.48. The molecule has 1 fully saturated rings. The number of aryl methyl sites for hydroxylation is 1. The Morgan fingerprint density at radius 3 is 2.89 bits per heavy atom. The van der Waals surface area contributed by atoms with Gasteiger partial charge in [0.2, 0.25) is 5.91 Å². The van der Waals surface area contributed by atoms with Crippen LogP contribution < -0.4 is 20.1 Å². The van der Waals surface area contributed by atoms with Gasteiger partial charge in [-0.15, -0.1) is 23.1 Å². The quantitative estimate of drug-likeness (QED) is 0.789. The van der Waals surface area contributed by atoms with E-state index < -0.39 is 6.04 Å². The number of nitrogens with one attached hydrogen (secondary N) is 2. The normalized spacial score (nSPS) is 18.0. The summed E-state index contributed by atoms with van der Waals surface area (Å²) in [5.74, 6) is 2.12. The smallest absolute Gasteiger partial charge is 0.323 e. The summed E-state index contributed by atoms with van der Waals surface area (Å²) in [5.41, 5.74) is 1.43. The molecule has 0 bridgehead atoms. The Bertz CT molecular complexity index is 888. The van der Waals surface area contributed by atoms with Crippen LogP contribution in [0.5, 0.6) is 11.5 Å². The fourth-order valence-electron chi connectivity index (χ4n) is 2.96. The number of carbonyl (C=O) groups is 2. The summed E-state index contributed by atoms with van der Waals surface area (Å²) in [6.07, 6.45) is 0. The van der Waals surface area contributed by atoms with Crippen molar-refractivity contribution in [2.75, 3.05) is 30.2 Å². The average Bonchev–Trinajstić information content (AvgIpc) is 3.35. The Labute approximate surface area is 170 Å². The molecule has 1 aromatic heterocycles. The molecule has 28 heavy (non-hydrogen) atoms. The Balaban J connectivity index is 1.37. The summed E-state index contributed by atoms with van der Waals surface area (Å²) >= 11 is 3.10. The van der Waals surface area contributed by atoms with Crippen LogP contribution in [0.15, 0.2) is 23.6 Å². The molecule has 1 saturated heterocycles. The van der Waals surface area contributed by atoms with Gasteiger partial charge >= 0.3 is 6.03 Å². The molecule has 1 atom stereocenters. The summed E-state index contributed by atoms with van der Waals surface area (Å²) in [6.45, 7) is 3.28. The number of fused-ring (bicyclic) bond motifs is 1. The number of thioether (sulfide) groups is 1. The summed E-state index contributed by atoms with van der Waals surface area (Å²) in [5, 5.41) is 8.60. The van der Waals surface area contributed by atoms with Crippen molar-refractivity contribution in [2.45, 2.75) is 19.5 Å². The number of nitrogens with zero attached hydrogens (tertiary/aromatic N) is 2. The highest BCUT2D eigenvalue weighted by Gasteiger charge is 2.34. The number of hydrogen-bond donors (Lipinski definition) is 2. The highest BCUT2D eigenvalue weighted by Crippen LogP contribution is 2.33. The van der Waals surface area contributed by atoms with Gasteiger partial charge in [-0.25, -0.2) is 9.78 Å². The van der Waals surface area contributed by atoms with Crippen molar-refractivity contribution < 1.29 is 19.1 Å². The second-order valence-corrected chi connectivity index (χ2v) is 8.41. The summed E-state index contributed by atoms with van der Waals surface area (Å²) < 4.78 is 11.0. The molecular formula is C18H20N4O4S2. The van der Waals surface area contributed by atoms with Crippen molar-refractivity contribution in [3.8, 4) is 11.5 Å². The fraction of sp³-hybridized carbons (Fsp3) is 0.389. The van der Waals surface area contributed by atoms with Gasteiger partial charge in [0.15, 0.2) is 11.5 Å². The van der Waals surface area contributed by atoms with Crippen molar-refractivity contribution in [1.82, 2.24) is 15.2 Å². The van der Waals surface area contributed by atoms with Gasteiger partial charge in [-0.1, -0.05) is 0 Å². The standard InChI is InChI=1S/C18H20N4O4S2/c1-11-20-13(8-28-11)7-19-17(23)14-9-27-10-22(14)18(24)21-12-2-3-15-16(6-12)26-5-4-25-15/h2-3,6,8,14H,4-5,7,9-10H2,1H3,(H,19,23)(H,21,24)/t14-/m1/s1. The zero-order valence-corrected chi connectivity index (χ0v) is 16.9. The van der Waals surface area contributed by atoms with Crippen LogP contribution in [-0.4, -0.2) is 52.7 Å². The number of amides is 3. The van der Waals surface area contributed by atoms with Crippen molar-refractivity contribution in [2.24, 2.45) is 0 Å². The van der Waals surface area contributed by atoms with E-state index in [0.717, 1.165) is 10.7 Å². The second-order valence-electron chi connectivity index (χ2n) is 6.35. The lowest BCUT2D eigenvalue weighted by molar-refractivity contribution is -0.124.